The molecule has 5 rings (SSSR count). The first-order valence-corrected chi connectivity index (χ1v) is 9.45. The van der Waals surface area contributed by atoms with Crippen molar-refractivity contribution in [2.75, 3.05) is 13.1 Å². The Bertz CT molecular complexity index is 961. The van der Waals surface area contributed by atoms with Gasteiger partial charge in [0.25, 0.3) is 5.91 Å². The third-order valence-corrected chi connectivity index (χ3v) is 5.80. The van der Waals surface area contributed by atoms with Crippen molar-refractivity contribution in [1.82, 2.24) is 15.1 Å². The molecule has 2 aromatic carbocycles. The Morgan fingerprint density at radius 2 is 1.59 bits per heavy atom. The molecule has 1 N–H and O–H groups in total. The number of nitrogens with zero attached hydrogens (tertiary/aromatic N) is 2. The molecule has 0 bridgehead atoms. The first-order chi connectivity index (χ1) is 13.3. The van der Waals surface area contributed by atoms with Crippen LogP contribution in [0.1, 0.15) is 39.3 Å². The molecule has 2 aliphatic rings. The van der Waals surface area contributed by atoms with E-state index in [2.05, 4.69) is 70.9 Å². The van der Waals surface area contributed by atoms with E-state index in [0.29, 0.717) is 5.69 Å². The molecule has 134 valence electrons. The van der Waals surface area contributed by atoms with Crippen LogP contribution in [0.2, 0.25) is 0 Å². The average Bonchev–Trinajstić information content (AvgIpc) is 3.11. The van der Waals surface area contributed by atoms with Gasteiger partial charge in [0.1, 0.15) is 0 Å². The van der Waals surface area contributed by atoms with Crippen LogP contribution in [0.25, 0.3) is 6.08 Å². The minimum atomic E-state index is -0.265. The lowest BCUT2D eigenvalue weighted by molar-refractivity contribution is 0.0645. The van der Waals surface area contributed by atoms with E-state index in [4.69, 9.17) is 0 Å². The molecular formula is C23H21N3O. The lowest BCUT2D eigenvalue weighted by atomic mass is 9.68. The van der Waals surface area contributed by atoms with Crippen LogP contribution in [0.3, 0.4) is 0 Å². The lowest BCUT2D eigenvalue weighted by Gasteiger charge is -2.35. The van der Waals surface area contributed by atoms with Crippen molar-refractivity contribution < 1.29 is 4.79 Å². The highest BCUT2D eigenvalue weighted by Gasteiger charge is 2.37. The molecular weight excluding hydrogens is 334 g/mol. The molecule has 1 aromatic heterocycles. The van der Waals surface area contributed by atoms with Gasteiger partial charge in [-0.15, -0.1) is 0 Å². The number of aromatic amines is 1. The van der Waals surface area contributed by atoms with Crippen LogP contribution in [0.15, 0.2) is 66.7 Å². The Labute approximate surface area is 158 Å². The van der Waals surface area contributed by atoms with Gasteiger partial charge >= 0.3 is 0 Å². The van der Waals surface area contributed by atoms with E-state index in [1.165, 1.54) is 11.1 Å². The second-order valence-electron chi connectivity index (χ2n) is 7.32. The van der Waals surface area contributed by atoms with Crippen LogP contribution in [0, 0.1) is 0 Å². The van der Waals surface area contributed by atoms with Crippen molar-refractivity contribution in [2.45, 2.75) is 18.3 Å². The van der Waals surface area contributed by atoms with Crippen LogP contribution < -0.4 is 0 Å². The molecule has 1 fully saturated rings. The smallest absolute Gasteiger partial charge is 0.274 e. The normalized spacial score (nSPS) is 17.3. The van der Waals surface area contributed by atoms with E-state index < -0.39 is 0 Å². The molecule has 0 saturated carbocycles. The predicted molar refractivity (Wildman–Crippen MR) is 106 cm³/mol. The summed E-state index contributed by atoms with van der Waals surface area (Å²) in [7, 11) is 0. The zero-order chi connectivity index (χ0) is 18.3. The molecule has 1 amide bonds. The highest BCUT2D eigenvalue weighted by Crippen LogP contribution is 2.41. The van der Waals surface area contributed by atoms with Crippen molar-refractivity contribution >= 4 is 12.0 Å². The third-order valence-electron chi connectivity index (χ3n) is 5.80. The number of aromatic nitrogens is 2. The van der Waals surface area contributed by atoms with Gasteiger partial charge in [0.2, 0.25) is 0 Å². The van der Waals surface area contributed by atoms with Crippen molar-refractivity contribution in [3.05, 3.63) is 94.8 Å². The van der Waals surface area contributed by atoms with Crippen molar-refractivity contribution in [3.63, 3.8) is 0 Å². The molecule has 0 unspecified atom stereocenters. The summed E-state index contributed by atoms with van der Waals surface area (Å²) < 4.78 is 0. The van der Waals surface area contributed by atoms with Crippen molar-refractivity contribution in [3.8, 4) is 0 Å². The summed E-state index contributed by atoms with van der Waals surface area (Å²) in [4.78, 5) is 14.5. The molecule has 4 nitrogen and oxygen atoms in total. The summed E-state index contributed by atoms with van der Waals surface area (Å²) in [5.74, 6) is 0.0373. The monoisotopic (exact) mass is 355 g/mol. The Kier molecular flexibility index (Phi) is 3.71. The number of nitrogens with one attached hydrogen (secondary N) is 1. The van der Waals surface area contributed by atoms with Crippen LogP contribution in [0.5, 0.6) is 0 Å². The molecule has 0 atom stereocenters. The fourth-order valence-corrected chi connectivity index (χ4v) is 4.13. The average molecular weight is 355 g/mol. The first-order valence-electron chi connectivity index (χ1n) is 9.45. The molecule has 1 aliphatic carbocycles. The summed E-state index contributed by atoms with van der Waals surface area (Å²) in [6, 6.07) is 21.1. The minimum Gasteiger partial charge on any atom is -0.337 e. The number of allylic oxidation sites excluding steroid dienone is 1. The molecule has 1 saturated heterocycles. The van der Waals surface area contributed by atoms with Crippen LogP contribution in [-0.4, -0.2) is 34.1 Å². The zero-order valence-electron chi connectivity index (χ0n) is 15.1. The second kappa shape index (κ2) is 6.23. The van der Waals surface area contributed by atoms with Gasteiger partial charge in [0.15, 0.2) is 5.69 Å². The van der Waals surface area contributed by atoms with E-state index in [9.17, 15) is 4.79 Å². The van der Waals surface area contributed by atoms with E-state index in [1.54, 1.807) is 0 Å². The maximum absolute atomic E-state index is 12.7. The minimum absolute atomic E-state index is 0.0373. The number of fused-ring (bicyclic) bond motifs is 1. The number of likely N-dealkylation sites (tertiary alicyclic amines) is 1. The fourth-order valence-electron chi connectivity index (χ4n) is 4.13. The van der Waals surface area contributed by atoms with Crippen LogP contribution in [-0.2, 0) is 11.8 Å². The number of amides is 1. The molecule has 3 aromatic rings. The van der Waals surface area contributed by atoms with Gasteiger partial charge in [-0.05, 0) is 17.5 Å². The number of H-pyrrole nitrogens is 1. The Balaban J connectivity index is 1.60. The van der Waals surface area contributed by atoms with E-state index >= 15 is 0 Å². The van der Waals surface area contributed by atoms with Crippen molar-refractivity contribution in [2.24, 2.45) is 0 Å². The summed E-state index contributed by atoms with van der Waals surface area (Å²) in [6.45, 7) is 1.67. The Morgan fingerprint density at radius 1 is 0.963 bits per heavy atom. The molecule has 4 heteroatoms. The molecule has 27 heavy (non-hydrogen) atoms. The number of carbonyl (C=O) groups is 1. The van der Waals surface area contributed by atoms with Gasteiger partial charge in [-0.1, -0.05) is 72.8 Å². The second-order valence-corrected chi connectivity index (χ2v) is 7.32. The molecule has 2 heterocycles. The number of benzene rings is 2. The van der Waals surface area contributed by atoms with E-state index in [-0.39, 0.29) is 11.3 Å². The maximum Gasteiger partial charge on any atom is 0.274 e. The molecule has 0 spiro atoms. The van der Waals surface area contributed by atoms with Gasteiger partial charge in [-0.25, -0.2) is 0 Å². The largest absolute Gasteiger partial charge is 0.337 e. The Hall–Kier alpha value is -3.14. The summed E-state index contributed by atoms with van der Waals surface area (Å²) >= 11 is 0. The third kappa shape index (κ3) is 2.52. The van der Waals surface area contributed by atoms with Crippen LogP contribution in [0.4, 0.5) is 0 Å². The standard InChI is InChI=1S/C23H21N3O/c27-22(26-14-7-15-26)21-19-12-13-23(16-20(19)24-25-21,17-8-3-1-4-9-17)18-10-5-2-6-11-18/h1-6,8-13H,7,14-16H2,(H,24,25). The highest BCUT2D eigenvalue weighted by molar-refractivity contribution is 5.97. The molecule has 0 radical (unpaired) electrons. The quantitative estimate of drug-likeness (QED) is 0.777. The lowest BCUT2D eigenvalue weighted by Crippen LogP contribution is -2.42. The number of carbonyl (C=O) groups excluding carboxylic acids is 1. The van der Waals surface area contributed by atoms with Crippen molar-refractivity contribution in [1.29, 1.82) is 0 Å². The predicted octanol–water partition coefficient (Wildman–Crippen LogP) is 3.81. The zero-order valence-corrected chi connectivity index (χ0v) is 15.1. The Morgan fingerprint density at radius 3 is 2.15 bits per heavy atom. The van der Waals surface area contributed by atoms with Gasteiger partial charge in [0.05, 0.1) is 0 Å². The van der Waals surface area contributed by atoms with Gasteiger partial charge in [-0.3, -0.25) is 9.89 Å². The van der Waals surface area contributed by atoms with Crippen LogP contribution >= 0.6 is 0 Å². The van der Waals surface area contributed by atoms with E-state index in [0.717, 1.165) is 37.2 Å². The summed E-state index contributed by atoms with van der Waals surface area (Å²) in [5, 5.41) is 7.54. The highest BCUT2D eigenvalue weighted by atomic mass is 16.2. The topological polar surface area (TPSA) is 49.0 Å². The first kappa shape index (κ1) is 16.1. The fraction of sp³-hybridized carbons (Fsp3) is 0.217. The van der Waals surface area contributed by atoms with Gasteiger partial charge in [0, 0.05) is 36.2 Å². The van der Waals surface area contributed by atoms with Gasteiger partial charge in [-0.2, -0.15) is 5.10 Å². The number of hydrogen-bond acceptors (Lipinski definition) is 2. The number of rotatable bonds is 3. The maximum atomic E-state index is 12.7. The molecule has 1 aliphatic heterocycles. The van der Waals surface area contributed by atoms with Gasteiger partial charge < -0.3 is 4.90 Å². The number of hydrogen-bond donors (Lipinski definition) is 1. The summed E-state index contributed by atoms with van der Waals surface area (Å²) in [5.41, 5.74) is 4.73. The SMILES string of the molecule is O=C(c1n[nH]c2c1C=CC(c1ccccc1)(c1ccccc1)C2)N1CCC1. The van der Waals surface area contributed by atoms with E-state index in [1.807, 2.05) is 17.0 Å². The summed E-state index contributed by atoms with van der Waals surface area (Å²) in [6.07, 6.45) is 6.16.